The molecule has 0 saturated heterocycles. The quantitative estimate of drug-likeness (QED) is 0.154. The van der Waals surface area contributed by atoms with Gasteiger partial charge < -0.3 is 4.52 Å². The predicted molar refractivity (Wildman–Crippen MR) is 163 cm³/mol. The van der Waals surface area contributed by atoms with Crippen molar-refractivity contribution in [3.05, 3.63) is 118 Å². The van der Waals surface area contributed by atoms with E-state index < -0.39 is 47.3 Å². The Morgan fingerprint density at radius 1 is 0.491 bits per heavy atom. The van der Waals surface area contributed by atoms with Gasteiger partial charge in [-0.05, 0) is 71.1 Å². The van der Waals surface area contributed by atoms with Crippen LogP contribution >= 0.6 is 0 Å². The zero-order chi connectivity index (χ0) is 40.2. The van der Waals surface area contributed by atoms with Gasteiger partial charge in [0.1, 0.15) is 11.6 Å². The summed E-state index contributed by atoms with van der Waals surface area (Å²) in [6, 6.07) is 3.20. The molecular formula is C32H30F12N8O. The van der Waals surface area contributed by atoms with E-state index in [2.05, 4.69) is 44.6 Å². The Morgan fingerprint density at radius 2 is 0.981 bits per heavy atom. The van der Waals surface area contributed by atoms with E-state index in [1.165, 1.54) is 38.3 Å². The van der Waals surface area contributed by atoms with E-state index in [4.69, 9.17) is 0 Å². The lowest BCUT2D eigenvalue weighted by Gasteiger charge is -2.04. The Morgan fingerprint density at radius 3 is 1.32 bits per heavy atom. The number of pyridine rings is 1. The summed E-state index contributed by atoms with van der Waals surface area (Å²) in [5.74, 6) is 0.924. The van der Waals surface area contributed by atoms with E-state index in [0.717, 1.165) is 54.9 Å². The van der Waals surface area contributed by atoms with E-state index >= 15 is 0 Å². The second-order valence-corrected chi connectivity index (χ2v) is 10.9. The van der Waals surface area contributed by atoms with Crippen LogP contribution in [0.4, 0.5) is 52.7 Å². The minimum Gasteiger partial charge on any atom is -0.351 e. The summed E-state index contributed by atoms with van der Waals surface area (Å²) in [4.78, 5) is 25.2. The molecule has 0 aromatic carbocycles. The zero-order valence-electron chi connectivity index (χ0n) is 28.3. The van der Waals surface area contributed by atoms with Crippen LogP contribution < -0.4 is 0 Å². The maximum Gasteiger partial charge on any atom is 0.452 e. The first kappa shape index (κ1) is 43.9. The van der Waals surface area contributed by atoms with Crippen molar-refractivity contribution in [3.8, 4) is 0 Å². The van der Waals surface area contributed by atoms with Gasteiger partial charge in [0, 0.05) is 48.9 Å². The van der Waals surface area contributed by atoms with Crippen LogP contribution in [0.5, 0.6) is 0 Å². The van der Waals surface area contributed by atoms with Crippen LogP contribution in [0.25, 0.3) is 0 Å². The zero-order valence-corrected chi connectivity index (χ0v) is 28.3. The monoisotopic (exact) mass is 770 g/mol. The number of aromatic nitrogens is 8. The fourth-order valence-electron chi connectivity index (χ4n) is 3.24. The number of hydrogen-bond acceptors (Lipinski definition) is 9. The average Bonchev–Trinajstić information content (AvgIpc) is 3.80. The fourth-order valence-corrected chi connectivity index (χ4v) is 3.24. The molecule has 0 spiro atoms. The van der Waals surface area contributed by atoms with Gasteiger partial charge >= 0.3 is 24.7 Å². The number of rotatable bonds is 1. The van der Waals surface area contributed by atoms with Crippen molar-refractivity contribution in [3.63, 3.8) is 0 Å². The van der Waals surface area contributed by atoms with Gasteiger partial charge in [0.15, 0.2) is 5.69 Å². The molecule has 6 rings (SSSR count). The van der Waals surface area contributed by atoms with Crippen LogP contribution in [-0.4, -0.2) is 40.0 Å². The summed E-state index contributed by atoms with van der Waals surface area (Å²) in [5, 5.41) is 3.09. The van der Waals surface area contributed by atoms with Crippen molar-refractivity contribution < 1.29 is 57.2 Å². The maximum atomic E-state index is 11.9. The first-order valence-electron chi connectivity index (χ1n) is 14.9. The van der Waals surface area contributed by atoms with E-state index in [0.29, 0.717) is 17.2 Å². The van der Waals surface area contributed by atoms with Crippen LogP contribution in [0.1, 0.15) is 75.6 Å². The minimum atomic E-state index is -4.42. The highest BCUT2D eigenvalue weighted by Gasteiger charge is 2.36. The molecule has 288 valence electrons. The Bertz CT molecular complexity index is 1670. The third-order valence-corrected chi connectivity index (χ3v) is 6.18. The summed E-state index contributed by atoms with van der Waals surface area (Å²) in [5.41, 5.74) is 0.114. The van der Waals surface area contributed by atoms with Gasteiger partial charge in [-0.25, -0.2) is 24.9 Å². The van der Waals surface area contributed by atoms with Gasteiger partial charge in [-0.3, -0.25) is 9.97 Å². The Balaban J connectivity index is 0.000000229. The van der Waals surface area contributed by atoms with Crippen molar-refractivity contribution >= 4 is 0 Å². The van der Waals surface area contributed by atoms with Crippen LogP contribution in [0, 0.1) is 34.6 Å². The minimum absolute atomic E-state index is 0.229. The molecule has 1 aliphatic rings. The molecule has 0 N–H and O–H groups in total. The predicted octanol–water partition coefficient (Wildman–Crippen LogP) is 9.68. The van der Waals surface area contributed by atoms with Crippen molar-refractivity contribution in [2.75, 3.05) is 0 Å². The van der Waals surface area contributed by atoms with Gasteiger partial charge in [0.05, 0.1) is 28.7 Å². The number of nitrogens with zero attached hydrogens (tertiary/aromatic N) is 8. The molecule has 0 aliphatic heterocycles. The van der Waals surface area contributed by atoms with Gasteiger partial charge in [-0.15, -0.1) is 0 Å². The van der Waals surface area contributed by atoms with Crippen LogP contribution in [-0.2, 0) is 24.7 Å². The molecule has 1 saturated carbocycles. The van der Waals surface area contributed by atoms with Crippen molar-refractivity contribution in [1.82, 2.24) is 40.0 Å². The highest BCUT2D eigenvalue weighted by molar-refractivity contribution is 5.17. The highest BCUT2D eigenvalue weighted by Crippen LogP contribution is 2.39. The molecule has 1 aliphatic carbocycles. The van der Waals surface area contributed by atoms with E-state index in [-0.39, 0.29) is 5.69 Å². The van der Waals surface area contributed by atoms with Crippen LogP contribution in [0.15, 0.2) is 66.1 Å². The molecule has 0 unspecified atom stereocenters. The number of halogens is 12. The number of alkyl halides is 12. The maximum absolute atomic E-state index is 11.9. The van der Waals surface area contributed by atoms with Gasteiger partial charge in [0.25, 0.3) is 0 Å². The molecular weight excluding hydrogens is 740 g/mol. The first-order chi connectivity index (χ1) is 24.4. The smallest absolute Gasteiger partial charge is 0.351 e. The largest absolute Gasteiger partial charge is 0.452 e. The molecule has 0 bridgehead atoms. The molecule has 0 radical (unpaired) electrons. The summed E-state index contributed by atoms with van der Waals surface area (Å²) in [6.45, 7) is 8.09. The highest BCUT2D eigenvalue weighted by atomic mass is 19.4. The first-order valence-corrected chi connectivity index (χ1v) is 14.9. The number of aryl methyl sites for hydroxylation is 5. The average molecular weight is 771 g/mol. The lowest BCUT2D eigenvalue weighted by Crippen LogP contribution is -2.08. The lowest BCUT2D eigenvalue weighted by atomic mass is 10.2. The van der Waals surface area contributed by atoms with Crippen LogP contribution in [0.3, 0.4) is 0 Å². The second-order valence-electron chi connectivity index (χ2n) is 10.9. The molecule has 0 amide bonds. The normalized spacial score (nSPS) is 12.8. The van der Waals surface area contributed by atoms with Crippen molar-refractivity contribution in [2.45, 2.75) is 78.1 Å². The summed E-state index contributed by atoms with van der Waals surface area (Å²) >= 11 is 0. The Labute approximate surface area is 294 Å². The third kappa shape index (κ3) is 16.8. The Kier molecular flexibility index (Phi) is 15.3. The molecule has 5 heterocycles. The summed E-state index contributed by atoms with van der Waals surface area (Å²) in [7, 11) is 0. The number of hydrogen-bond donors (Lipinski definition) is 0. The molecule has 1 fully saturated rings. The fraction of sp³-hybridized carbons (Fsp3) is 0.375. The van der Waals surface area contributed by atoms with E-state index in [1.54, 1.807) is 13.8 Å². The summed E-state index contributed by atoms with van der Waals surface area (Å²) < 4.78 is 146. The SMILES string of the molecule is Cc1cc(C(F)(F)F)on1.Cc1ccc(C(F)(F)F)cn1.Cc1cnc(C(F)(F)F)cn1.Cc1ncc(C(F)(F)F)cn1.Cc1ncc(C2CC2)cn1. The summed E-state index contributed by atoms with van der Waals surface area (Å²) in [6.07, 6.45) is -6.71. The second kappa shape index (κ2) is 18.5. The van der Waals surface area contributed by atoms with Crippen LogP contribution in [0.2, 0.25) is 0 Å². The molecule has 21 heteroatoms. The lowest BCUT2D eigenvalue weighted by molar-refractivity contribution is -0.155. The topological polar surface area (TPSA) is 116 Å². The standard InChI is InChI=1S/C8H10N2.C7H6F3N.2C6H5F3N2.C5H4F3NO/c1-6-9-4-8(5-10-6)7-2-3-7;1-5-2-3-6(4-11-5)7(8,9)10;1-4-10-2-5(3-11-4)6(7,8)9;1-4-2-11-5(3-10-4)6(7,8)9;1-3-2-4(10-9-3)5(6,7)8/h4-5,7H,2-3H2,1H3;2-4H,1H3;2*2-3H,1H3;2H,1H3. The Hall–Kier alpha value is -5.24. The van der Waals surface area contributed by atoms with E-state index in [1.807, 2.05) is 19.3 Å². The third-order valence-electron chi connectivity index (χ3n) is 6.18. The van der Waals surface area contributed by atoms with Gasteiger partial charge in [-0.1, -0.05) is 5.16 Å². The molecule has 9 nitrogen and oxygen atoms in total. The molecule has 5 aromatic heterocycles. The van der Waals surface area contributed by atoms with Gasteiger partial charge in [0.2, 0.25) is 5.76 Å². The molecule has 5 aromatic rings. The molecule has 0 atom stereocenters. The van der Waals surface area contributed by atoms with Crippen molar-refractivity contribution in [1.29, 1.82) is 0 Å². The van der Waals surface area contributed by atoms with E-state index in [9.17, 15) is 52.7 Å². The molecule has 53 heavy (non-hydrogen) atoms. The van der Waals surface area contributed by atoms with Crippen molar-refractivity contribution in [2.24, 2.45) is 0 Å². The van der Waals surface area contributed by atoms with Gasteiger partial charge in [-0.2, -0.15) is 52.7 Å².